The third-order valence-electron chi connectivity index (χ3n) is 6.28. The molecule has 4 nitrogen and oxygen atoms in total. The first-order valence-corrected chi connectivity index (χ1v) is 11.5. The number of hydrogen-bond donors (Lipinski definition) is 1. The number of thioether (sulfide) groups is 1. The van der Waals surface area contributed by atoms with Crippen molar-refractivity contribution < 1.29 is 9.59 Å². The van der Waals surface area contributed by atoms with E-state index in [1.165, 1.54) is 18.2 Å². The van der Waals surface area contributed by atoms with Crippen molar-refractivity contribution in [2.45, 2.75) is 44.0 Å². The Hall–Kier alpha value is -2.53. The highest BCUT2D eigenvalue weighted by Gasteiger charge is 2.32. The van der Waals surface area contributed by atoms with E-state index in [1.807, 2.05) is 60.7 Å². The first-order chi connectivity index (χ1) is 14.5. The molecule has 1 aliphatic carbocycles. The van der Waals surface area contributed by atoms with E-state index in [0.29, 0.717) is 16.7 Å². The van der Waals surface area contributed by atoms with Gasteiger partial charge in [0.05, 0.1) is 10.6 Å². The Morgan fingerprint density at radius 2 is 1.83 bits per heavy atom. The van der Waals surface area contributed by atoms with Crippen LogP contribution in [0, 0.1) is 11.8 Å². The molecule has 156 valence electrons. The minimum absolute atomic E-state index is 0.0418. The van der Waals surface area contributed by atoms with Crippen molar-refractivity contribution in [1.29, 1.82) is 0 Å². The van der Waals surface area contributed by atoms with Crippen LogP contribution in [-0.4, -0.2) is 24.4 Å². The number of anilines is 1. The number of para-hydroxylation sites is 1. The van der Waals surface area contributed by atoms with Crippen molar-refractivity contribution in [2.75, 3.05) is 11.4 Å². The van der Waals surface area contributed by atoms with Crippen molar-refractivity contribution in [2.24, 2.45) is 11.8 Å². The molecule has 1 saturated carbocycles. The van der Waals surface area contributed by atoms with Crippen LogP contribution in [0.5, 0.6) is 0 Å². The molecule has 0 spiro atoms. The van der Waals surface area contributed by atoms with E-state index in [4.69, 9.17) is 0 Å². The van der Waals surface area contributed by atoms with E-state index in [2.05, 4.69) is 19.2 Å². The fraction of sp³-hybridized carbons (Fsp3) is 0.360. The van der Waals surface area contributed by atoms with Gasteiger partial charge in [-0.2, -0.15) is 0 Å². The van der Waals surface area contributed by atoms with Crippen LogP contribution in [0.3, 0.4) is 0 Å². The molecule has 3 unspecified atom stereocenters. The fourth-order valence-electron chi connectivity index (χ4n) is 4.30. The third kappa shape index (κ3) is 4.46. The largest absolute Gasteiger partial charge is 0.352 e. The predicted octanol–water partition coefficient (Wildman–Crippen LogP) is 5.11. The van der Waals surface area contributed by atoms with E-state index in [1.54, 1.807) is 4.90 Å². The smallest absolute Gasteiger partial charge is 0.265 e. The van der Waals surface area contributed by atoms with E-state index in [9.17, 15) is 9.59 Å². The van der Waals surface area contributed by atoms with E-state index >= 15 is 0 Å². The van der Waals surface area contributed by atoms with E-state index in [0.717, 1.165) is 29.0 Å². The summed E-state index contributed by atoms with van der Waals surface area (Å²) in [5.74, 6) is 0.854. The van der Waals surface area contributed by atoms with Crippen molar-refractivity contribution >= 4 is 35.3 Å². The number of carbonyl (C=O) groups excluding carboxylic acids is 2. The lowest BCUT2D eigenvalue weighted by Crippen LogP contribution is -2.49. The van der Waals surface area contributed by atoms with Crippen LogP contribution >= 0.6 is 11.8 Å². The van der Waals surface area contributed by atoms with Gasteiger partial charge in [0.2, 0.25) is 5.91 Å². The molecule has 1 heterocycles. The summed E-state index contributed by atoms with van der Waals surface area (Å²) in [6, 6.07) is 17.8. The maximum atomic E-state index is 13.3. The van der Waals surface area contributed by atoms with Gasteiger partial charge in [0.15, 0.2) is 0 Å². The molecule has 2 aliphatic rings. The second-order valence-corrected chi connectivity index (χ2v) is 9.41. The zero-order valence-corrected chi connectivity index (χ0v) is 18.3. The van der Waals surface area contributed by atoms with Gasteiger partial charge in [-0.25, -0.2) is 0 Å². The number of fused-ring (bicyclic) bond motifs is 1. The van der Waals surface area contributed by atoms with E-state index < -0.39 is 0 Å². The quantitative estimate of drug-likeness (QED) is 0.700. The summed E-state index contributed by atoms with van der Waals surface area (Å²) in [6.07, 6.45) is 5.27. The van der Waals surface area contributed by atoms with Crippen LogP contribution in [0.4, 0.5) is 5.69 Å². The third-order valence-corrected chi connectivity index (χ3v) is 7.36. The monoisotopic (exact) mass is 420 g/mol. The van der Waals surface area contributed by atoms with Gasteiger partial charge in [0, 0.05) is 10.9 Å². The molecule has 2 aromatic carbocycles. The standard InChI is InChI=1S/C25H28N2O2S/c1-17-9-8-12-20(18(17)2)26-24(28)16-27-21-13-6-7-14-22(21)30-23(25(27)29)15-19-10-4-3-5-11-19/h3-7,10-11,13-15,17-18,20H,8-9,12,16H2,1-2H3,(H,26,28). The molecule has 2 amide bonds. The van der Waals surface area contributed by atoms with Crippen LogP contribution < -0.4 is 10.2 Å². The Balaban J connectivity index is 1.55. The molecule has 30 heavy (non-hydrogen) atoms. The maximum absolute atomic E-state index is 13.3. The number of benzene rings is 2. The van der Waals surface area contributed by atoms with Crippen LogP contribution in [0.1, 0.15) is 38.7 Å². The summed E-state index contributed by atoms with van der Waals surface area (Å²) in [5, 5.41) is 3.20. The number of rotatable bonds is 4. The minimum atomic E-state index is -0.122. The molecule has 1 N–H and O–H groups in total. The van der Waals surface area contributed by atoms with Crippen molar-refractivity contribution in [3.05, 3.63) is 65.1 Å². The molecular formula is C25H28N2O2S. The Morgan fingerprint density at radius 1 is 1.10 bits per heavy atom. The second-order valence-electron chi connectivity index (χ2n) is 8.32. The van der Waals surface area contributed by atoms with Gasteiger partial charge >= 0.3 is 0 Å². The predicted molar refractivity (Wildman–Crippen MR) is 123 cm³/mol. The normalized spacial score (nSPS) is 25.1. The van der Waals surface area contributed by atoms with Crippen LogP contribution in [0.25, 0.3) is 6.08 Å². The molecule has 3 atom stereocenters. The van der Waals surface area contributed by atoms with Gasteiger partial charge in [-0.05, 0) is 42.0 Å². The Morgan fingerprint density at radius 3 is 2.63 bits per heavy atom. The topological polar surface area (TPSA) is 49.4 Å². The molecule has 5 heteroatoms. The Kier molecular flexibility index (Phi) is 6.28. The molecular weight excluding hydrogens is 392 g/mol. The number of carbonyl (C=O) groups is 2. The van der Waals surface area contributed by atoms with Gasteiger partial charge in [-0.3, -0.25) is 14.5 Å². The maximum Gasteiger partial charge on any atom is 0.265 e. The summed E-state index contributed by atoms with van der Waals surface area (Å²) in [7, 11) is 0. The van der Waals surface area contributed by atoms with Crippen LogP contribution in [0.2, 0.25) is 0 Å². The number of hydrogen-bond acceptors (Lipinski definition) is 3. The first kappa shape index (κ1) is 20.7. The van der Waals surface area contributed by atoms with Gasteiger partial charge in [-0.1, -0.05) is 80.9 Å². The summed E-state index contributed by atoms with van der Waals surface area (Å²) < 4.78 is 0. The minimum Gasteiger partial charge on any atom is -0.352 e. The first-order valence-electron chi connectivity index (χ1n) is 10.7. The molecule has 1 aliphatic heterocycles. The highest BCUT2D eigenvalue weighted by Crippen LogP contribution is 2.42. The Labute approximate surface area is 182 Å². The van der Waals surface area contributed by atoms with E-state index in [-0.39, 0.29) is 24.4 Å². The molecule has 1 fully saturated rings. The zero-order valence-electron chi connectivity index (χ0n) is 17.5. The summed E-state index contributed by atoms with van der Waals surface area (Å²) >= 11 is 1.47. The lowest BCUT2D eigenvalue weighted by molar-refractivity contribution is -0.123. The second kappa shape index (κ2) is 9.09. The number of nitrogens with zero attached hydrogens (tertiary/aromatic N) is 1. The van der Waals surface area contributed by atoms with Crippen molar-refractivity contribution in [3.8, 4) is 0 Å². The highest BCUT2D eigenvalue weighted by atomic mass is 32.2. The highest BCUT2D eigenvalue weighted by molar-refractivity contribution is 8.04. The van der Waals surface area contributed by atoms with Crippen LogP contribution in [-0.2, 0) is 9.59 Å². The summed E-state index contributed by atoms with van der Waals surface area (Å²) in [4.78, 5) is 29.5. The van der Waals surface area contributed by atoms with Gasteiger partial charge in [0.25, 0.3) is 5.91 Å². The van der Waals surface area contributed by atoms with Crippen LogP contribution in [0.15, 0.2) is 64.4 Å². The lowest BCUT2D eigenvalue weighted by Gasteiger charge is -2.35. The van der Waals surface area contributed by atoms with Gasteiger partial charge in [-0.15, -0.1) is 0 Å². The molecule has 2 aromatic rings. The molecule has 4 rings (SSSR count). The van der Waals surface area contributed by atoms with Gasteiger partial charge < -0.3 is 5.32 Å². The number of amides is 2. The summed E-state index contributed by atoms with van der Waals surface area (Å²) in [6.45, 7) is 4.51. The summed E-state index contributed by atoms with van der Waals surface area (Å²) in [5.41, 5.74) is 1.78. The lowest BCUT2D eigenvalue weighted by atomic mass is 9.78. The molecule has 0 aromatic heterocycles. The zero-order chi connectivity index (χ0) is 21.1. The fourth-order valence-corrected chi connectivity index (χ4v) is 5.36. The average Bonchev–Trinajstić information content (AvgIpc) is 2.75. The van der Waals surface area contributed by atoms with Crippen molar-refractivity contribution in [3.63, 3.8) is 0 Å². The molecule has 0 saturated heterocycles. The number of nitrogens with one attached hydrogen (secondary N) is 1. The SMILES string of the molecule is CC1CCCC(NC(=O)CN2C(=O)C(=Cc3ccccc3)Sc3ccccc32)C1C. The molecule has 0 radical (unpaired) electrons. The average molecular weight is 421 g/mol. The van der Waals surface area contributed by atoms with Crippen molar-refractivity contribution in [1.82, 2.24) is 5.32 Å². The Bertz CT molecular complexity index is 957. The molecule has 0 bridgehead atoms. The van der Waals surface area contributed by atoms with Gasteiger partial charge in [0.1, 0.15) is 6.54 Å².